The van der Waals surface area contributed by atoms with Gasteiger partial charge in [-0.1, -0.05) is 0 Å². The van der Waals surface area contributed by atoms with Crippen molar-refractivity contribution in [2.75, 3.05) is 6.61 Å². The molecule has 0 aromatic carbocycles. The first kappa shape index (κ1) is 14.0. The Morgan fingerprint density at radius 2 is 2.12 bits per heavy atom. The second-order valence-electron chi connectivity index (χ2n) is 3.89. The minimum Gasteiger partial charge on any atom is -0.388 e. The van der Waals surface area contributed by atoms with E-state index in [9.17, 15) is 30.0 Å². The van der Waals surface area contributed by atoms with Crippen LogP contribution in [-0.2, 0) is 14.3 Å². The van der Waals surface area contributed by atoms with E-state index >= 15 is 0 Å². The first-order valence-corrected chi connectivity index (χ1v) is 4.95. The van der Waals surface area contributed by atoms with Crippen LogP contribution in [0.4, 0.5) is 0 Å². The Morgan fingerprint density at radius 1 is 1.53 bits per heavy atom. The summed E-state index contributed by atoms with van der Waals surface area (Å²) >= 11 is 0. The summed E-state index contributed by atoms with van der Waals surface area (Å²) in [6.07, 6.45) is -6.62. The van der Waals surface area contributed by atoms with Crippen LogP contribution in [-0.4, -0.2) is 69.4 Å². The summed E-state index contributed by atoms with van der Waals surface area (Å²) in [7, 11) is 0. The number of carbonyl (C=O) groups excluding carboxylic acids is 2. The normalized spacial score (nSPS) is 39.5. The number of aldehydes is 1. The maximum Gasteiger partial charge on any atom is 0.218 e. The zero-order valence-corrected chi connectivity index (χ0v) is 9.11. The van der Waals surface area contributed by atoms with E-state index in [0.29, 0.717) is 0 Å². The SMILES string of the molecule is CC(=O)NC(O)[C@@]1(C=O)OC[C@H](O)[C@@H](O)[C@@H]1O. The van der Waals surface area contributed by atoms with Crippen LogP contribution in [0.25, 0.3) is 0 Å². The van der Waals surface area contributed by atoms with Gasteiger partial charge in [0.1, 0.15) is 18.3 Å². The third kappa shape index (κ3) is 2.45. The van der Waals surface area contributed by atoms with Gasteiger partial charge in [0, 0.05) is 6.92 Å². The molecule has 1 heterocycles. The fraction of sp³-hybridized carbons (Fsp3) is 0.778. The molecule has 1 unspecified atom stereocenters. The molecule has 8 nitrogen and oxygen atoms in total. The zero-order chi connectivity index (χ0) is 13.2. The molecule has 0 aromatic heterocycles. The minimum atomic E-state index is -2.19. The Bertz CT molecular complexity index is 310. The number of nitrogens with one attached hydrogen (secondary N) is 1. The van der Waals surface area contributed by atoms with Crippen molar-refractivity contribution in [3.8, 4) is 0 Å². The molecule has 1 aliphatic heterocycles. The molecule has 0 spiro atoms. The van der Waals surface area contributed by atoms with Crippen LogP contribution >= 0.6 is 0 Å². The molecule has 0 aromatic rings. The van der Waals surface area contributed by atoms with Crippen molar-refractivity contribution in [1.29, 1.82) is 0 Å². The van der Waals surface area contributed by atoms with Gasteiger partial charge in [-0.05, 0) is 0 Å². The van der Waals surface area contributed by atoms with E-state index in [1.807, 2.05) is 5.32 Å². The van der Waals surface area contributed by atoms with Crippen LogP contribution in [0.3, 0.4) is 0 Å². The molecule has 0 radical (unpaired) electrons. The molecular formula is C9H15NO7. The van der Waals surface area contributed by atoms with Gasteiger partial charge in [0.05, 0.1) is 6.61 Å². The van der Waals surface area contributed by atoms with Crippen LogP contribution in [0.1, 0.15) is 6.92 Å². The molecule has 0 saturated carbocycles. The van der Waals surface area contributed by atoms with Gasteiger partial charge in [0.15, 0.2) is 18.1 Å². The highest BCUT2D eigenvalue weighted by Gasteiger charge is 2.54. The lowest BCUT2D eigenvalue weighted by molar-refractivity contribution is -0.253. The fourth-order valence-corrected chi connectivity index (χ4v) is 1.61. The topological polar surface area (TPSA) is 136 Å². The third-order valence-electron chi connectivity index (χ3n) is 2.64. The van der Waals surface area contributed by atoms with E-state index in [0.717, 1.165) is 6.92 Å². The van der Waals surface area contributed by atoms with E-state index < -0.39 is 42.7 Å². The van der Waals surface area contributed by atoms with E-state index in [-0.39, 0.29) is 6.29 Å². The van der Waals surface area contributed by atoms with Crippen LogP contribution in [0.5, 0.6) is 0 Å². The molecule has 1 aliphatic rings. The Labute approximate surface area is 96.8 Å². The summed E-state index contributed by atoms with van der Waals surface area (Å²) < 4.78 is 4.88. The molecule has 1 amide bonds. The lowest BCUT2D eigenvalue weighted by Gasteiger charge is -2.44. The van der Waals surface area contributed by atoms with E-state index in [4.69, 9.17) is 4.74 Å². The van der Waals surface area contributed by atoms with Gasteiger partial charge in [0.25, 0.3) is 0 Å². The predicted octanol–water partition coefficient (Wildman–Crippen LogP) is -3.51. The molecule has 0 bridgehead atoms. The Hall–Kier alpha value is -1.06. The highest BCUT2D eigenvalue weighted by Crippen LogP contribution is 2.27. The summed E-state index contributed by atoms with van der Waals surface area (Å²) in [6, 6.07) is 0. The summed E-state index contributed by atoms with van der Waals surface area (Å²) in [4.78, 5) is 21.7. The standard InChI is InChI=1S/C9H15NO7/c1-4(12)10-8(16)9(3-11)7(15)6(14)5(13)2-17-9/h3,5-8,13-16H,2H2,1H3,(H,10,12)/t5-,6+,7-,8?,9-/m0/s1. The van der Waals surface area contributed by atoms with Crippen molar-refractivity contribution >= 4 is 12.2 Å². The Kier molecular flexibility index (Phi) is 4.17. The van der Waals surface area contributed by atoms with Gasteiger partial charge in [-0.25, -0.2) is 0 Å². The van der Waals surface area contributed by atoms with Crippen molar-refractivity contribution in [3.05, 3.63) is 0 Å². The largest absolute Gasteiger partial charge is 0.388 e. The van der Waals surface area contributed by atoms with Gasteiger partial charge in [0.2, 0.25) is 5.91 Å². The highest BCUT2D eigenvalue weighted by molar-refractivity contribution is 5.75. The Morgan fingerprint density at radius 3 is 2.59 bits per heavy atom. The molecule has 17 heavy (non-hydrogen) atoms. The maximum atomic E-state index is 11.0. The van der Waals surface area contributed by atoms with E-state index in [2.05, 4.69) is 0 Å². The number of amides is 1. The lowest BCUT2D eigenvalue weighted by Crippen LogP contribution is -2.69. The smallest absolute Gasteiger partial charge is 0.218 e. The van der Waals surface area contributed by atoms with Crippen molar-refractivity contribution in [2.45, 2.75) is 37.1 Å². The minimum absolute atomic E-state index is 0.0906. The molecule has 8 heteroatoms. The molecule has 1 rings (SSSR count). The highest BCUT2D eigenvalue weighted by atomic mass is 16.6. The summed E-state index contributed by atoms with van der Waals surface area (Å²) in [6.45, 7) is 0.649. The van der Waals surface area contributed by atoms with Crippen molar-refractivity contribution in [2.24, 2.45) is 0 Å². The summed E-state index contributed by atoms with van der Waals surface area (Å²) in [5.74, 6) is -0.643. The Balaban J connectivity index is 2.94. The molecule has 1 fully saturated rings. The van der Waals surface area contributed by atoms with Crippen LogP contribution in [0.2, 0.25) is 0 Å². The summed E-state index contributed by atoms with van der Waals surface area (Å²) in [5, 5.41) is 39.9. The van der Waals surface area contributed by atoms with Crippen molar-refractivity contribution < 1.29 is 34.8 Å². The molecular weight excluding hydrogens is 234 g/mol. The number of aliphatic hydroxyl groups excluding tert-OH is 4. The monoisotopic (exact) mass is 249 g/mol. The predicted molar refractivity (Wildman–Crippen MR) is 52.6 cm³/mol. The lowest BCUT2D eigenvalue weighted by atomic mass is 9.87. The first-order valence-electron chi connectivity index (χ1n) is 4.95. The number of ether oxygens (including phenoxy) is 1. The molecule has 1 saturated heterocycles. The number of carbonyl (C=O) groups is 2. The van der Waals surface area contributed by atoms with Crippen LogP contribution in [0, 0.1) is 0 Å². The second kappa shape index (κ2) is 5.07. The maximum absolute atomic E-state index is 11.0. The number of aliphatic hydroxyl groups is 4. The first-order chi connectivity index (χ1) is 7.85. The molecule has 5 atom stereocenters. The van der Waals surface area contributed by atoms with Gasteiger partial charge < -0.3 is 30.5 Å². The van der Waals surface area contributed by atoms with Crippen LogP contribution < -0.4 is 5.32 Å². The fourth-order valence-electron chi connectivity index (χ4n) is 1.61. The molecule has 0 aliphatic carbocycles. The van der Waals surface area contributed by atoms with Gasteiger partial charge in [-0.3, -0.25) is 9.59 Å². The number of rotatable bonds is 3. The number of hydrogen-bond acceptors (Lipinski definition) is 7. The van der Waals surface area contributed by atoms with Gasteiger partial charge in [-0.2, -0.15) is 0 Å². The number of hydrogen-bond donors (Lipinski definition) is 5. The van der Waals surface area contributed by atoms with Crippen molar-refractivity contribution in [1.82, 2.24) is 5.32 Å². The van der Waals surface area contributed by atoms with E-state index in [1.54, 1.807) is 0 Å². The zero-order valence-electron chi connectivity index (χ0n) is 9.11. The average molecular weight is 249 g/mol. The summed E-state index contributed by atoms with van der Waals surface area (Å²) in [5.41, 5.74) is -2.19. The quantitative estimate of drug-likeness (QED) is 0.258. The third-order valence-corrected chi connectivity index (χ3v) is 2.64. The average Bonchev–Trinajstić information content (AvgIpc) is 2.26. The molecule has 5 N–H and O–H groups in total. The van der Waals surface area contributed by atoms with Crippen molar-refractivity contribution in [3.63, 3.8) is 0 Å². The molecule has 98 valence electrons. The van der Waals surface area contributed by atoms with E-state index in [1.165, 1.54) is 0 Å². The van der Waals surface area contributed by atoms with Gasteiger partial charge in [-0.15, -0.1) is 0 Å². The second-order valence-corrected chi connectivity index (χ2v) is 3.89. The van der Waals surface area contributed by atoms with Crippen LogP contribution in [0.15, 0.2) is 0 Å². The van der Waals surface area contributed by atoms with Gasteiger partial charge >= 0.3 is 0 Å².